The van der Waals surface area contributed by atoms with Crippen LogP contribution in [0.25, 0.3) is 0 Å². The average molecular weight is 214 g/mol. The fourth-order valence-corrected chi connectivity index (χ4v) is 3.33. The number of nitrogens with zero attached hydrogens (tertiary/aromatic N) is 2. The molecule has 16 heavy (non-hydrogen) atoms. The van der Waals surface area contributed by atoms with Crippen LogP contribution in [0.4, 0.5) is 0 Å². The SMILES string of the molecule is c1ccc2c(c1)CCN(N1CC3CC3C1)C2. The number of hydrogen-bond donors (Lipinski definition) is 0. The summed E-state index contributed by atoms with van der Waals surface area (Å²) in [5, 5.41) is 5.18. The quantitative estimate of drug-likeness (QED) is 0.704. The molecule has 1 saturated heterocycles. The van der Waals surface area contributed by atoms with Gasteiger partial charge >= 0.3 is 0 Å². The van der Waals surface area contributed by atoms with Crippen molar-refractivity contribution in [2.45, 2.75) is 19.4 Å². The molecule has 84 valence electrons. The highest BCUT2D eigenvalue weighted by atomic mass is 15.6. The van der Waals surface area contributed by atoms with Gasteiger partial charge in [-0.25, -0.2) is 10.0 Å². The van der Waals surface area contributed by atoms with Crippen molar-refractivity contribution in [2.75, 3.05) is 19.6 Å². The maximum atomic E-state index is 2.61. The molecule has 0 amide bonds. The average Bonchev–Trinajstić information content (AvgIpc) is 2.96. The van der Waals surface area contributed by atoms with Gasteiger partial charge in [-0.2, -0.15) is 0 Å². The van der Waals surface area contributed by atoms with Crippen LogP contribution in [-0.2, 0) is 13.0 Å². The van der Waals surface area contributed by atoms with Crippen LogP contribution < -0.4 is 0 Å². The highest BCUT2D eigenvalue weighted by Gasteiger charge is 2.46. The summed E-state index contributed by atoms with van der Waals surface area (Å²) >= 11 is 0. The molecule has 3 aliphatic rings. The van der Waals surface area contributed by atoms with E-state index in [4.69, 9.17) is 0 Å². The van der Waals surface area contributed by atoms with Crippen LogP contribution in [0.15, 0.2) is 24.3 Å². The van der Waals surface area contributed by atoms with E-state index in [9.17, 15) is 0 Å². The number of hydrogen-bond acceptors (Lipinski definition) is 2. The van der Waals surface area contributed by atoms with Crippen LogP contribution in [-0.4, -0.2) is 29.7 Å². The molecule has 2 aliphatic heterocycles. The van der Waals surface area contributed by atoms with E-state index in [0.717, 1.165) is 18.4 Å². The molecule has 0 N–H and O–H groups in total. The van der Waals surface area contributed by atoms with Crippen molar-refractivity contribution in [1.29, 1.82) is 0 Å². The molecule has 0 aromatic heterocycles. The van der Waals surface area contributed by atoms with Crippen molar-refractivity contribution >= 4 is 0 Å². The molecular weight excluding hydrogens is 196 g/mol. The lowest BCUT2D eigenvalue weighted by Gasteiger charge is -2.36. The smallest absolute Gasteiger partial charge is 0.0387 e. The Bertz CT molecular complexity index is 405. The molecule has 1 aliphatic carbocycles. The monoisotopic (exact) mass is 214 g/mol. The number of rotatable bonds is 1. The number of hydrazine groups is 1. The Hall–Kier alpha value is -0.860. The Labute approximate surface area is 96.8 Å². The lowest BCUT2D eigenvalue weighted by atomic mass is 10.0. The Morgan fingerprint density at radius 2 is 1.69 bits per heavy atom. The standard InChI is InChI=1S/C14H18N2/c1-2-4-12-8-15(6-5-11(12)3-1)16-9-13-7-14(13)10-16/h1-4,13-14H,5-10H2. The summed E-state index contributed by atoms with van der Waals surface area (Å²) < 4.78 is 0. The maximum Gasteiger partial charge on any atom is 0.0387 e. The number of piperidine rings is 1. The van der Waals surface area contributed by atoms with Gasteiger partial charge in [0.1, 0.15) is 0 Å². The summed E-state index contributed by atoms with van der Waals surface area (Å²) in [6.45, 7) is 5.01. The third-order valence-electron chi connectivity index (χ3n) is 4.47. The summed E-state index contributed by atoms with van der Waals surface area (Å²) in [6.07, 6.45) is 2.73. The van der Waals surface area contributed by atoms with Crippen LogP contribution in [0.5, 0.6) is 0 Å². The normalized spacial score (nSPS) is 33.5. The molecule has 0 spiro atoms. The molecule has 2 atom stereocenters. The third kappa shape index (κ3) is 1.40. The minimum atomic E-state index is 1.04. The van der Waals surface area contributed by atoms with Crippen molar-refractivity contribution in [2.24, 2.45) is 11.8 Å². The zero-order chi connectivity index (χ0) is 10.5. The highest BCUT2D eigenvalue weighted by Crippen LogP contribution is 2.45. The maximum absolute atomic E-state index is 2.61. The van der Waals surface area contributed by atoms with Gasteiger partial charge < -0.3 is 0 Å². The van der Waals surface area contributed by atoms with Crippen molar-refractivity contribution in [1.82, 2.24) is 10.0 Å². The van der Waals surface area contributed by atoms with Crippen LogP contribution in [0.1, 0.15) is 17.5 Å². The topological polar surface area (TPSA) is 6.48 Å². The van der Waals surface area contributed by atoms with E-state index in [-0.39, 0.29) is 0 Å². The molecule has 4 rings (SSSR count). The van der Waals surface area contributed by atoms with Crippen LogP contribution in [0.3, 0.4) is 0 Å². The van der Waals surface area contributed by atoms with Gasteiger partial charge in [-0.15, -0.1) is 0 Å². The predicted octanol–water partition coefficient (Wildman–Crippen LogP) is 1.91. The molecule has 2 nitrogen and oxygen atoms in total. The van der Waals surface area contributed by atoms with E-state index in [1.54, 1.807) is 5.56 Å². The second-order valence-corrected chi connectivity index (χ2v) is 5.53. The van der Waals surface area contributed by atoms with Gasteiger partial charge in [0, 0.05) is 26.2 Å². The fraction of sp³-hybridized carbons (Fsp3) is 0.571. The summed E-state index contributed by atoms with van der Waals surface area (Å²) in [5.74, 6) is 2.08. The van der Waals surface area contributed by atoms with Gasteiger partial charge in [0.05, 0.1) is 0 Å². The van der Waals surface area contributed by atoms with Crippen LogP contribution in [0.2, 0.25) is 0 Å². The minimum absolute atomic E-state index is 1.04. The largest absolute Gasteiger partial charge is 0.241 e. The van der Waals surface area contributed by atoms with Crippen molar-refractivity contribution < 1.29 is 0 Å². The number of fused-ring (bicyclic) bond motifs is 2. The first-order valence-electron chi connectivity index (χ1n) is 6.47. The Morgan fingerprint density at radius 1 is 0.938 bits per heavy atom. The van der Waals surface area contributed by atoms with E-state index < -0.39 is 0 Å². The molecule has 0 radical (unpaired) electrons. The van der Waals surface area contributed by atoms with E-state index in [1.807, 2.05) is 0 Å². The summed E-state index contributed by atoms with van der Waals surface area (Å²) in [7, 11) is 0. The first kappa shape index (κ1) is 9.20. The highest BCUT2D eigenvalue weighted by molar-refractivity contribution is 5.28. The molecule has 1 aromatic carbocycles. The molecule has 2 unspecified atom stereocenters. The van der Waals surface area contributed by atoms with Gasteiger partial charge in [0.2, 0.25) is 0 Å². The third-order valence-corrected chi connectivity index (χ3v) is 4.47. The first-order valence-corrected chi connectivity index (χ1v) is 6.47. The minimum Gasteiger partial charge on any atom is -0.241 e. The Morgan fingerprint density at radius 3 is 2.50 bits per heavy atom. The summed E-state index contributed by atoms with van der Waals surface area (Å²) in [5.41, 5.74) is 3.09. The van der Waals surface area contributed by atoms with Gasteiger partial charge in [-0.05, 0) is 35.8 Å². The molecule has 0 bridgehead atoms. The molecule has 1 aromatic rings. The van der Waals surface area contributed by atoms with Crippen LogP contribution >= 0.6 is 0 Å². The van der Waals surface area contributed by atoms with E-state index in [0.29, 0.717) is 0 Å². The van der Waals surface area contributed by atoms with Crippen molar-refractivity contribution in [3.05, 3.63) is 35.4 Å². The van der Waals surface area contributed by atoms with Crippen molar-refractivity contribution in [3.8, 4) is 0 Å². The van der Waals surface area contributed by atoms with Gasteiger partial charge in [0.15, 0.2) is 0 Å². The van der Waals surface area contributed by atoms with Gasteiger partial charge in [-0.1, -0.05) is 24.3 Å². The van der Waals surface area contributed by atoms with Crippen LogP contribution in [0, 0.1) is 11.8 Å². The molecule has 2 fully saturated rings. The molecule has 2 heterocycles. The van der Waals surface area contributed by atoms with E-state index >= 15 is 0 Å². The van der Waals surface area contributed by atoms with Crippen molar-refractivity contribution in [3.63, 3.8) is 0 Å². The predicted molar refractivity (Wildman–Crippen MR) is 63.7 cm³/mol. The number of benzene rings is 1. The summed E-state index contributed by atoms with van der Waals surface area (Å²) in [6, 6.07) is 8.91. The van der Waals surface area contributed by atoms with E-state index in [1.165, 1.54) is 38.0 Å². The molecule has 2 heteroatoms. The lowest BCUT2D eigenvalue weighted by molar-refractivity contribution is -0.0264. The van der Waals surface area contributed by atoms with E-state index in [2.05, 4.69) is 34.3 Å². The second kappa shape index (κ2) is 3.31. The Balaban J connectivity index is 1.52. The summed E-state index contributed by atoms with van der Waals surface area (Å²) in [4.78, 5) is 0. The second-order valence-electron chi connectivity index (χ2n) is 5.53. The zero-order valence-corrected chi connectivity index (χ0v) is 9.60. The molecule has 1 saturated carbocycles. The fourth-order valence-electron chi connectivity index (χ4n) is 3.33. The lowest BCUT2D eigenvalue weighted by Crippen LogP contribution is -2.44. The van der Waals surface area contributed by atoms with Gasteiger partial charge in [-0.3, -0.25) is 0 Å². The first-order chi connectivity index (χ1) is 7.90. The Kier molecular flexibility index (Phi) is 1.91. The zero-order valence-electron chi connectivity index (χ0n) is 9.60. The van der Waals surface area contributed by atoms with Gasteiger partial charge in [0.25, 0.3) is 0 Å². The molecular formula is C14H18N2.